The standard InChI is InChI=1S/C22H18N2O2/c25-21-3-1-17-18(20(21)14-16-7-11-24-12-8-16)2-4-22(26)19(17)13-15-5-9-23-10-6-15/h1-12,25-26H,13-14H2. The van der Waals surface area contributed by atoms with Gasteiger partial charge in [-0.05, 0) is 58.3 Å². The molecule has 0 aliphatic rings. The Morgan fingerprint density at radius 3 is 1.31 bits per heavy atom. The van der Waals surface area contributed by atoms with Crippen molar-refractivity contribution in [2.45, 2.75) is 12.8 Å². The Hall–Kier alpha value is -3.40. The van der Waals surface area contributed by atoms with Gasteiger partial charge in [0, 0.05) is 48.8 Å². The summed E-state index contributed by atoms with van der Waals surface area (Å²) in [6.45, 7) is 0. The number of rotatable bonds is 4. The van der Waals surface area contributed by atoms with Gasteiger partial charge in [0.15, 0.2) is 0 Å². The van der Waals surface area contributed by atoms with Crippen molar-refractivity contribution in [1.82, 2.24) is 9.97 Å². The van der Waals surface area contributed by atoms with E-state index in [1.807, 2.05) is 36.4 Å². The molecule has 0 unspecified atom stereocenters. The third-order valence-corrected chi connectivity index (χ3v) is 4.64. The van der Waals surface area contributed by atoms with Crippen LogP contribution < -0.4 is 0 Å². The molecule has 0 aliphatic carbocycles. The molecule has 0 bridgehead atoms. The van der Waals surface area contributed by atoms with E-state index in [2.05, 4.69) is 9.97 Å². The van der Waals surface area contributed by atoms with Crippen LogP contribution in [0.3, 0.4) is 0 Å². The minimum Gasteiger partial charge on any atom is -0.508 e. The lowest BCUT2D eigenvalue weighted by Crippen LogP contribution is -1.96. The number of aromatic nitrogens is 2. The van der Waals surface area contributed by atoms with Gasteiger partial charge >= 0.3 is 0 Å². The monoisotopic (exact) mass is 342 g/mol. The van der Waals surface area contributed by atoms with Gasteiger partial charge in [-0.1, -0.05) is 12.1 Å². The Morgan fingerprint density at radius 2 is 0.923 bits per heavy atom. The fourth-order valence-corrected chi connectivity index (χ4v) is 3.29. The maximum absolute atomic E-state index is 10.4. The molecular formula is C22H18N2O2. The van der Waals surface area contributed by atoms with Crippen molar-refractivity contribution in [2.24, 2.45) is 0 Å². The number of hydrogen-bond acceptors (Lipinski definition) is 4. The molecule has 2 aromatic heterocycles. The lowest BCUT2D eigenvalue weighted by atomic mass is 9.92. The van der Waals surface area contributed by atoms with Crippen LogP contribution in [-0.4, -0.2) is 20.2 Å². The second-order valence-corrected chi connectivity index (χ2v) is 6.29. The minimum atomic E-state index is 0.259. The average molecular weight is 342 g/mol. The van der Waals surface area contributed by atoms with Gasteiger partial charge < -0.3 is 10.2 Å². The van der Waals surface area contributed by atoms with Crippen molar-refractivity contribution in [3.63, 3.8) is 0 Å². The normalized spacial score (nSPS) is 10.9. The Morgan fingerprint density at radius 1 is 0.538 bits per heavy atom. The first kappa shape index (κ1) is 16.1. The Kier molecular flexibility index (Phi) is 4.23. The lowest BCUT2D eigenvalue weighted by molar-refractivity contribution is 0.468. The number of aromatic hydroxyl groups is 2. The van der Waals surface area contributed by atoms with Crippen LogP contribution in [0.2, 0.25) is 0 Å². The third kappa shape index (κ3) is 3.09. The summed E-state index contributed by atoms with van der Waals surface area (Å²) in [7, 11) is 0. The van der Waals surface area contributed by atoms with E-state index in [1.165, 1.54) is 0 Å². The van der Waals surface area contributed by atoms with E-state index in [-0.39, 0.29) is 11.5 Å². The van der Waals surface area contributed by atoms with Crippen LogP contribution in [0.5, 0.6) is 11.5 Å². The fourth-order valence-electron chi connectivity index (χ4n) is 3.29. The van der Waals surface area contributed by atoms with E-state index in [1.54, 1.807) is 36.9 Å². The molecule has 4 rings (SSSR count). The summed E-state index contributed by atoms with van der Waals surface area (Å²) < 4.78 is 0. The minimum absolute atomic E-state index is 0.259. The van der Waals surface area contributed by atoms with Gasteiger partial charge in [0.1, 0.15) is 11.5 Å². The molecule has 4 nitrogen and oxygen atoms in total. The van der Waals surface area contributed by atoms with Crippen molar-refractivity contribution in [3.05, 3.63) is 95.6 Å². The van der Waals surface area contributed by atoms with E-state index in [0.29, 0.717) is 12.8 Å². The van der Waals surface area contributed by atoms with E-state index >= 15 is 0 Å². The van der Waals surface area contributed by atoms with Gasteiger partial charge in [0.05, 0.1) is 0 Å². The van der Waals surface area contributed by atoms with Crippen LogP contribution in [0.1, 0.15) is 22.3 Å². The molecule has 0 saturated heterocycles. The highest BCUT2D eigenvalue weighted by Gasteiger charge is 2.14. The molecule has 0 spiro atoms. The van der Waals surface area contributed by atoms with Gasteiger partial charge in [0.2, 0.25) is 0 Å². The topological polar surface area (TPSA) is 66.2 Å². The highest BCUT2D eigenvalue weighted by Crippen LogP contribution is 2.35. The number of benzene rings is 2. The van der Waals surface area contributed by atoms with Crippen LogP contribution in [0.4, 0.5) is 0 Å². The molecule has 0 fully saturated rings. The maximum atomic E-state index is 10.4. The third-order valence-electron chi connectivity index (χ3n) is 4.64. The summed E-state index contributed by atoms with van der Waals surface area (Å²) >= 11 is 0. The zero-order valence-electron chi connectivity index (χ0n) is 14.1. The first-order valence-electron chi connectivity index (χ1n) is 8.45. The smallest absolute Gasteiger partial charge is 0.119 e. The zero-order chi connectivity index (χ0) is 17.9. The van der Waals surface area contributed by atoms with Crippen molar-refractivity contribution in [2.75, 3.05) is 0 Å². The van der Waals surface area contributed by atoms with Crippen LogP contribution in [0, 0.1) is 0 Å². The number of phenolic OH excluding ortho intramolecular Hbond substituents is 2. The molecular weight excluding hydrogens is 324 g/mol. The molecule has 0 aliphatic heterocycles. The molecule has 0 atom stereocenters. The molecule has 4 heteroatoms. The van der Waals surface area contributed by atoms with Gasteiger partial charge in [-0.3, -0.25) is 9.97 Å². The Bertz CT molecular complexity index is 961. The number of fused-ring (bicyclic) bond motifs is 1. The Balaban J connectivity index is 1.84. The summed E-state index contributed by atoms with van der Waals surface area (Å²) in [5, 5.41) is 22.8. The van der Waals surface area contributed by atoms with Gasteiger partial charge in [-0.2, -0.15) is 0 Å². The maximum Gasteiger partial charge on any atom is 0.119 e. The summed E-state index contributed by atoms with van der Waals surface area (Å²) in [6, 6.07) is 14.9. The summed E-state index contributed by atoms with van der Waals surface area (Å²) in [5.74, 6) is 0.518. The van der Waals surface area contributed by atoms with Crippen LogP contribution in [0.15, 0.2) is 73.3 Å². The molecule has 0 saturated carbocycles. The fraction of sp³-hybridized carbons (Fsp3) is 0.0909. The molecule has 2 aromatic carbocycles. The van der Waals surface area contributed by atoms with E-state index in [0.717, 1.165) is 33.0 Å². The van der Waals surface area contributed by atoms with Crippen molar-refractivity contribution < 1.29 is 10.2 Å². The Labute approximate surface area is 151 Å². The van der Waals surface area contributed by atoms with Gasteiger partial charge in [0.25, 0.3) is 0 Å². The number of pyridine rings is 2. The molecule has 4 aromatic rings. The zero-order valence-corrected chi connectivity index (χ0v) is 14.1. The van der Waals surface area contributed by atoms with Crippen LogP contribution in [-0.2, 0) is 12.8 Å². The SMILES string of the molecule is Oc1ccc2c(Cc3ccncc3)c(O)ccc2c1Cc1ccncc1. The van der Waals surface area contributed by atoms with E-state index in [4.69, 9.17) is 0 Å². The van der Waals surface area contributed by atoms with E-state index in [9.17, 15) is 10.2 Å². The first-order valence-corrected chi connectivity index (χ1v) is 8.45. The van der Waals surface area contributed by atoms with Crippen molar-refractivity contribution in [3.8, 4) is 11.5 Å². The van der Waals surface area contributed by atoms with Gasteiger partial charge in [-0.15, -0.1) is 0 Å². The highest BCUT2D eigenvalue weighted by molar-refractivity contribution is 5.92. The van der Waals surface area contributed by atoms with Crippen molar-refractivity contribution in [1.29, 1.82) is 0 Å². The quantitative estimate of drug-likeness (QED) is 0.583. The predicted octanol–water partition coefficient (Wildman–Crippen LogP) is 4.22. The second kappa shape index (κ2) is 6.84. The van der Waals surface area contributed by atoms with Crippen LogP contribution in [0.25, 0.3) is 10.8 Å². The summed E-state index contributed by atoms with van der Waals surface area (Å²) in [4.78, 5) is 8.09. The van der Waals surface area contributed by atoms with Crippen molar-refractivity contribution >= 4 is 10.8 Å². The van der Waals surface area contributed by atoms with Crippen LogP contribution >= 0.6 is 0 Å². The van der Waals surface area contributed by atoms with Gasteiger partial charge in [-0.25, -0.2) is 0 Å². The van der Waals surface area contributed by atoms with E-state index < -0.39 is 0 Å². The molecule has 0 amide bonds. The lowest BCUT2D eigenvalue weighted by Gasteiger charge is -2.14. The average Bonchev–Trinajstić information content (AvgIpc) is 2.68. The highest BCUT2D eigenvalue weighted by atomic mass is 16.3. The predicted molar refractivity (Wildman–Crippen MR) is 101 cm³/mol. The molecule has 26 heavy (non-hydrogen) atoms. The molecule has 0 radical (unpaired) electrons. The first-order chi connectivity index (χ1) is 12.7. The number of nitrogens with zero attached hydrogens (tertiary/aromatic N) is 2. The summed E-state index contributed by atoms with van der Waals surface area (Å²) in [5.41, 5.74) is 3.85. The second-order valence-electron chi connectivity index (χ2n) is 6.29. The largest absolute Gasteiger partial charge is 0.508 e. The molecule has 128 valence electrons. The number of phenols is 2. The molecule has 2 N–H and O–H groups in total. The molecule has 2 heterocycles. The summed E-state index contributed by atoms with van der Waals surface area (Å²) in [6.07, 6.45) is 8.20. The number of hydrogen-bond donors (Lipinski definition) is 2.